The molecule has 0 aromatic carbocycles. The number of guanidine groups is 1. The van der Waals surface area contributed by atoms with Crippen LogP contribution in [0.1, 0.15) is 34.1 Å². The largest absolute Gasteiger partial charge is 0.379 e. The highest BCUT2D eigenvalue weighted by Gasteiger charge is 2.13. The normalized spacial score (nSPS) is 16.2. The predicted molar refractivity (Wildman–Crippen MR) is 109 cm³/mol. The van der Waals surface area contributed by atoms with Crippen molar-refractivity contribution in [3.8, 4) is 0 Å². The molecule has 0 saturated carbocycles. The molecule has 0 spiro atoms. The molecule has 0 unspecified atom stereocenters. The van der Waals surface area contributed by atoms with Crippen molar-refractivity contribution in [1.29, 1.82) is 0 Å². The summed E-state index contributed by atoms with van der Waals surface area (Å²) >= 11 is 0. The third-order valence-electron chi connectivity index (χ3n) is 3.29. The van der Waals surface area contributed by atoms with E-state index < -0.39 is 0 Å². The maximum Gasteiger partial charge on any atom is 0.242 e. The van der Waals surface area contributed by atoms with Crippen LogP contribution in [0.5, 0.6) is 0 Å². The lowest BCUT2D eigenvalue weighted by Gasteiger charge is -2.26. The Morgan fingerprint density at radius 3 is 2.46 bits per heavy atom. The summed E-state index contributed by atoms with van der Waals surface area (Å²) in [6, 6.07) is 0. The zero-order valence-electron chi connectivity index (χ0n) is 15.5. The van der Waals surface area contributed by atoms with Crippen molar-refractivity contribution >= 4 is 35.8 Å². The molecule has 24 heavy (non-hydrogen) atoms. The Morgan fingerprint density at radius 1 is 1.21 bits per heavy atom. The summed E-state index contributed by atoms with van der Waals surface area (Å²) in [5.41, 5.74) is -0.226. The molecule has 0 bridgehead atoms. The third kappa shape index (κ3) is 11.9. The topological polar surface area (TPSA) is 78.0 Å². The van der Waals surface area contributed by atoms with E-state index in [1.165, 1.54) is 0 Å². The molecule has 7 nitrogen and oxygen atoms in total. The van der Waals surface area contributed by atoms with Crippen LogP contribution in [0.3, 0.4) is 0 Å². The first-order chi connectivity index (χ1) is 10.9. The fraction of sp³-hybridized carbons (Fsp3) is 0.875. The number of amides is 1. The fourth-order valence-corrected chi connectivity index (χ4v) is 2.28. The van der Waals surface area contributed by atoms with Crippen LogP contribution in [0.4, 0.5) is 0 Å². The van der Waals surface area contributed by atoms with Gasteiger partial charge in [0.1, 0.15) is 6.54 Å². The van der Waals surface area contributed by atoms with Gasteiger partial charge < -0.3 is 20.7 Å². The molecule has 1 aliphatic heterocycles. The Bertz CT molecular complexity index is 379. The minimum absolute atomic E-state index is 0. The van der Waals surface area contributed by atoms with Crippen LogP contribution in [0.2, 0.25) is 0 Å². The summed E-state index contributed by atoms with van der Waals surface area (Å²) in [4.78, 5) is 18.6. The number of carbonyl (C=O) groups is 1. The maximum absolute atomic E-state index is 11.8. The van der Waals surface area contributed by atoms with Gasteiger partial charge >= 0.3 is 0 Å². The molecule has 0 atom stereocenters. The lowest BCUT2D eigenvalue weighted by molar-refractivity contribution is -0.121. The van der Waals surface area contributed by atoms with Gasteiger partial charge in [0.2, 0.25) is 5.91 Å². The molecule has 0 aromatic rings. The molecule has 0 radical (unpaired) electrons. The van der Waals surface area contributed by atoms with Crippen molar-refractivity contribution in [2.24, 2.45) is 4.99 Å². The van der Waals surface area contributed by atoms with Gasteiger partial charge in [-0.3, -0.25) is 9.69 Å². The summed E-state index contributed by atoms with van der Waals surface area (Å²) in [5, 5.41) is 9.35. The van der Waals surface area contributed by atoms with Gasteiger partial charge in [-0.15, -0.1) is 24.0 Å². The molecule has 142 valence electrons. The quantitative estimate of drug-likeness (QED) is 0.229. The number of halogens is 1. The number of ether oxygens (including phenoxy) is 1. The molecule has 1 heterocycles. The number of nitrogens with zero attached hydrogens (tertiary/aromatic N) is 2. The van der Waals surface area contributed by atoms with Crippen LogP contribution in [-0.4, -0.2) is 74.8 Å². The van der Waals surface area contributed by atoms with Gasteiger partial charge in [0.25, 0.3) is 0 Å². The first-order valence-electron chi connectivity index (χ1n) is 8.54. The molecular formula is C16H34IN5O2. The van der Waals surface area contributed by atoms with Gasteiger partial charge in [-0.1, -0.05) is 0 Å². The van der Waals surface area contributed by atoms with E-state index in [0.29, 0.717) is 5.96 Å². The second-order valence-corrected chi connectivity index (χ2v) is 6.73. The summed E-state index contributed by atoms with van der Waals surface area (Å²) in [5.74, 6) is 0.626. The van der Waals surface area contributed by atoms with Crippen molar-refractivity contribution in [3.05, 3.63) is 0 Å². The summed E-state index contributed by atoms with van der Waals surface area (Å²) in [6.45, 7) is 14.4. The first-order valence-corrected chi connectivity index (χ1v) is 8.54. The van der Waals surface area contributed by atoms with E-state index in [1.54, 1.807) is 0 Å². The van der Waals surface area contributed by atoms with Crippen LogP contribution >= 0.6 is 24.0 Å². The standard InChI is InChI=1S/C16H33N5O2.HI/c1-5-17-15(19-13-14(22)20-16(2,3)4)18-7-6-8-21-9-11-23-12-10-21;/h5-13H2,1-4H3,(H,20,22)(H2,17,18,19);1H. The molecule has 1 aliphatic rings. The van der Waals surface area contributed by atoms with E-state index in [2.05, 4.69) is 25.8 Å². The van der Waals surface area contributed by atoms with Gasteiger partial charge in [-0.2, -0.15) is 0 Å². The van der Waals surface area contributed by atoms with E-state index in [-0.39, 0.29) is 42.0 Å². The minimum Gasteiger partial charge on any atom is -0.379 e. The number of hydrogen-bond donors (Lipinski definition) is 3. The van der Waals surface area contributed by atoms with Crippen molar-refractivity contribution < 1.29 is 9.53 Å². The van der Waals surface area contributed by atoms with Gasteiger partial charge in [0.05, 0.1) is 13.2 Å². The third-order valence-corrected chi connectivity index (χ3v) is 3.29. The van der Waals surface area contributed by atoms with Crippen LogP contribution in [-0.2, 0) is 9.53 Å². The Balaban J connectivity index is 0.00000529. The van der Waals surface area contributed by atoms with Crippen molar-refractivity contribution in [1.82, 2.24) is 20.9 Å². The Labute approximate surface area is 163 Å². The summed E-state index contributed by atoms with van der Waals surface area (Å²) < 4.78 is 5.34. The fourth-order valence-electron chi connectivity index (χ4n) is 2.28. The molecule has 0 aromatic heterocycles. The van der Waals surface area contributed by atoms with Gasteiger partial charge in [-0.05, 0) is 40.7 Å². The Hall–Kier alpha value is -0.610. The van der Waals surface area contributed by atoms with Crippen LogP contribution in [0.25, 0.3) is 0 Å². The summed E-state index contributed by atoms with van der Waals surface area (Å²) in [6.07, 6.45) is 1.04. The summed E-state index contributed by atoms with van der Waals surface area (Å²) in [7, 11) is 0. The van der Waals surface area contributed by atoms with E-state index in [9.17, 15) is 4.79 Å². The second kappa shape index (κ2) is 12.7. The first kappa shape index (κ1) is 23.4. The Kier molecular flexibility index (Phi) is 12.4. The van der Waals surface area contributed by atoms with Gasteiger partial charge in [0.15, 0.2) is 5.96 Å². The van der Waals surface area contributed by atoms with Crippen molar-refractivity contribution in [2.75, 3.05) is 52.5 Å². The number of hydrogen-bond acceptors (Lipinski definition) is 4. The highest BCUT2D eigenvalue weighted by molar-refractivity contribution is 14.0. The molecular weight excluding hydrogens is 421 g/mol. The minimum atomic E-state index is -0.226. The van der Waals surface area contributed by atoms with E-state index in [4.69, 9.17) is 4.74 Å². The van der Waals surface area contributed by atoms with Crippen molar-refractivity contribution in [3.63, 3.8) is 0 Å². The van der Waals surface area contributed by atoms with Gasteiger partial charge in [0, 0.05) is 31.7 Å². The molecule has 1 saturated heterocycles. The number of carbonyl (C=O) groups excluding carboxylic acids is 1. The highest BCUT2D eigenvalue weighted by Crippen LogP contribution is 1.98. The molecule has 1 amide bonds. The molecule has 8 heteroatoms. The number of rotatable bonds is 7. The molecule has 3 N–H and O–H groups in total. The SMILES string of the molecule is CCNC(=NCC(=O)NC(C)(C)C)NCCCN1CCOCC1.I. The van der Waals surface area contributed by atoms with E-state index >= 15 is 0 Å². The number of aliphatic imine (C=N–C) groups is 1. The maximum atomic E-state index is 11.8. The number of morpholine rings is 1. The van der Waals surface area contributed by atoms with Crippen LogP contribution in [0, 0.1) is 0 Å². The monoisotopic (exact) mass is 455 g/mol. The average Bonchev–Trinajstić information content (AvgIpc) is 2.48. The highest BCUT2D eigenvalue weighted by atomic mass is 127. The van der Waals surface area contributed by atoms with E-state index in [0.717, 1.165) is 52.4 Å². The van der Waals surface area contributed by atoms with Gasteiger partial charge in [-0.25, -0.2) is 4.99 Å². The lowest BCUT2D eigenvalue weighted by Crippen LogP contribution is -2.43. The number of nitrogens with one attached hydrogen (secondary N) is 3. The molecule has 0 aliphatic carbocycles. The molecule has 1 fully saturated rings. The Morgan fingerprint density at radius 2 is 1.88 bits per heavy atom. The molecule has 1 rings (SSSR count). The average molecular weight is 455 g/mol. The van der Waals surface area contributed by atoms with Crippen molar-refractivity contribution in [2.45, 2.75) is 39.7 Å². The smallest absolute Gasteiger partial charge is 0.242 e. The zero-order valence-corrected chi connectivity index (χ0v) is 17.8. The second-order valence-electron chi connectivity index (χ2n) is 6.73. The van der Waals surface area contributed by atoms with Crippen LogP contribution < -0.4 is 16.0 Å². The lowest BCUT2D eigenvalue weighted by atomic mass is 10.1. The van der Waals surface area contributed by atoms with Crippen LogP contribution in [0.15, 0.2) is 4.99 Å². The van der Waals surface area contributed by atoms with E-state index in [1.807, 2.05) is 27.7 Å². The zero-order chi connectivity index (χ0) is 17.1. The predicted octanol–water partition coefficient (Wildman–Crippen LogP) is 0.797.